The second kappa shape index (κ2) is 8.18. The molecule has 3 heteroatoms. The molecule has 1 aromatic rings. The highest BCUT2D eigenvalue weighted by Crippen LogP contribution is 2.13. The molecule has 0 spiro atoms. The Hall–Kier alpha value is -1.06. The van der Waals surface area contributed by atoms with Crippen LogP contribution in [0.5, 0.6) is 0 Å². The van der Waals surface area contributed by atoms with Crippen LogP contribution in [0.1, 0.15) is 26.2 Å². The highest BCUT2D eigenvalue weighted by molar-refractivity contribution is 5.45. The lowest BCUT2D eigenvalue weighted by Gasteiger charge is -2.25. The van der Waals surface area contributed by atoms with Gasteiger partial charge in [0.25, 0.3) is 0 Å². The molecule has 0 unspecified atom stereocenters. The van der Waals surface area contributed by atoms with E-state index in [0.717, 1.165) is 52.0 Å². The van der Waals surface area contributed by atoms with Crippen LogP contribution in [0.3, 0.4) is 0 Å². The number of hydrogen-bond donors (Lipinski definition) is 1. The van der Waals surface area contributed by atoms with Gasteiger partial charge in [-0.2, -0.15) is 0 Å². The van der Waals surface area contributed by atoms with Crippen LogP contribution in [-0.4, -0.2) is 38.9 Å². The maximum absolute atomic E-state index is 5.95. The molecular formula is C16H26N2O. The Bertz CT molecular complexity index is 336. The summed E-state index contributed by atoms with van der Waals surface area (Å²) in [5, 5.41) is 3.37. The first-order valence-corrected chi connectivity index (χ1v) is 7.52. The van der Waals surface area contributed by atoms with Crippen LogP contribution in [0.2, 0.25) is 0 Å². The minimum absolute atomic E-state index is 0.480. The standard InChI is InChI=1S/C16H26N2O/c1-2-18(15-7-4-3-5-8-15)13-6-14-19-16-9-11-17-12-10-16/h3-5,7-8,16-17H,2,6,9-14H2,1H3. The van der Waals surface area contributed by atoms with Crippen molar-refractivity contribution in [3.63, 3.8) is 0 Å². The van der Waals surface area contributed by atoms with Gasteiger partial charge in [0, 0.05) is 25.4 Å². The Morgan fingerprint density at radius 3 is 2.63 bits per heavy atom. The normalized spacial score (nSPS) is 16.5. The number of hydrogen-bond acceptors (Lipinski definition) is 3. The quantitative estimate of drug-likeness (QED) is 0.765. The van der Waals surface area contributed by atoms with Crippen molar-refractivity contribution in [3.8, 4) is 0 Å². The Kier molecular flexibility index (Phi) is 6.18. The molecule has 1 aliphatic rings. The van der Waals surface area contributed by atoms with Crippen LogP contribution in [-0.2, 0) is 4.74 Å². The van der Waals surface area contributed by atoms with E-state index < -0.39 is 0 Å². The van der Waals surface area contributed by atoms with Gasteiger partial charge < -0.3 is 15.0 Å². The molecular weight excluding hydrogens is 236 g/mol. The largest absolute Gasteiger partial charge is 0.378 e. The van der Waals surface area contributed by atoms with E-state index in [1.54, 1.807) is 0 Å². The molecule has 1 saturated heterocycles. The predicted octanol–water partition coefficient (Wildman–Crippen LogP) is 2.67. The summed E-state index contributed by atoms with van der Waals surface area (Å²) in [7, 11) is 0. The van der Waals surface area contributed by atoms with E-state index >= 15 is 0 Å². The Morgan fingerprint density at radius 2 is 1.95 bits per heavy atom. The Labute approximate surface area is 116 Å². The summed E-state index contributed by atoms with van der Waals surface area (Å²) >= 11 is 0. The van der Waals surface area contributed by atoms with Crippen molar-refractivity contribution in [2.24, 2.45) is 0 Å². The van der Waals surface area contributed by atoms with E-state index in [4.69, 9.17) is 4.74 Å². The number of rotatable bonds is 7. The molecule has 106 valence electrons. The highest BCUT2D eigenvalue weighted by atomic mass is 16.5. The van der Waals surface area contributed by atoms with Gasteiger partial charge in [0.05, 0.1) is 6.10 Å². The average molecular weight is 262 g/mol. The zero-order valence-corrected chi connectivity index (χ0v) is 12.0. The summed E-state index contributed by atoms with van der Waals surface area (Å²) in [6, 6.07) is 10.6. The lowest BCUT2D eigenvalue weighted by atomic mass is 10.1. The third-order valence-electron chi connectivity index (χ3n) is 3.72. The minimum atomic E-state index is 0.480. The van der Waals surface area contributed by atoms with Gasteiger partial charge in [-0.25, -0.2) is 0 Å². The number of benzene rings is 1. The van der Waals surface area contributed by atoms with Crippen molar-refractivity contribution in [3.05, 3.63) is 30.3 Å². The predicted molar refractivity (Wildman–Crippen MR) is 80.8 cm³/mol. The number of nitrogens with one attached hydrogen (secondary N) is 1. The smallest absolute Gasteiger partial charge is 0.0599 e. The molecule has 0 radical (unpaired) electrons. The van der Waals surface area contributed by atoms with Crippen molar-refractivity contribution in [1.82, 2.24) is 5.32 Å². The van der Waals surface area contributed by atoms with E-state index in [2.05, 4.69) is 47.5 Å². The lowest BCUT2D eigenvalue weighted by molar-refractivity contribution is 0.0324. The molecule has 0 atom stereocenters. The zero-order chi connectivity index (χ0) is 13.3. The maximum atomic E-state index is 5.95. The maximum Gasteiger partial charge on any atom is 0.0599 e. The zero-order valence-electron chi connectivity index (χ0n) is 12.0. The van der Waals surface area contributed by atoms with Gasteiger partial charge in [-0.15, -0.1) is 0 Å². The first-order chi connectivity index (χ1) is 9.40. The molecule has 1 heterocycles. The fourth-order valence-corrected chi connectivity index (χ4v) is 2.58. The van der Waals surface area contributed by atoms with Gasteiger partial charge in [0.2, 0.25) is 0 Å². The van der Waals surface area contributed by atoms with Crippen LogP contribution in [0.4, 0.5) is 5.69 Å². The number of piperidine rings is 1. The van der Waals surface area contributed by atoms with Crippen molar-refractivity contribution in [1.29, 1.82) is 0 Å². The van der Waals surface area contributed by atoms with Crippen LogP contribution in [0, 0.1) is 0 Å². The first kappa shape index (κ1) is 14.4. The molecule has 1 aliphatic heterocycles. The van der Waals surface area contributed by atoms with Crippen molar-refractivity contribution < 1.29 is 4.74 Å². The Morgan fingerprint density at radius 1 is 1.21 bits per heavy atom. The summed E-state index contributed by atoms with van der Waals surface area (Å²) in [5.74, 6) is 0. The number of ether oxygens (including phenoxy) is 1. The van der Waals surface area contributed by atoms with Crippen molar-refractivity contribution >= 4 is 5.69 Å². The van der Waals surface area contributed by atoms with Gasteiger partial charge in [-0.1, -0.05) is 18.2 Å². The van der Waals surface area contributed by atoms with Gasteiger partial charge in [0.1, 0.15) is 0 Å². The molecule has 0 bridgehead atoms. The molecule has 1 fully saturated rings. The fourth-order valence-electron chi connectivity index (χ4n) is 2.58. The Balaban J connectivity index is 1.66. The summed E-state index contributed by atoms with van der Waals surface area (Å²) in [6.45, 7) is 7.43. The van der Waals surface area contributed by atoms with E-state index in [1.807, 2.05) is 0 Å². The molecule has 0 aliphatic carbocycles. The molecule has 19 heavy (non-hydrogen) atoms. The third-order valence-corrected chi connectivity index (χ3v) is 3.72. The van der Waals surface area contributed by atoms with Crippen LogP contribution >= 0.6 is 0 Å². The third kappa shape index (κ3) is 4.84. The molecule has 0 saturated carbocycles. The van der Waals surface area contributed by atoms with Gasteiger partial charge in [-0.05, 0) is 51.4 Å². The van der Waals surface area contributed by atoms with Crippen molar-refractivity contribution in [2.45, 2.75) is 32.3 Å². The monoisotopic (exact) mass is 262 g/mol. The fraction of sp³-hybridized carbons (Fsp3) is 0.625. The number of nitrogens with zero attached hydrogens (tertiary/aromatic N) is 1. The average Bonchev–Trinajstić information content (AvgIpc) is 2.49. The minimum Gasteiger partial charge on any atom is -0.378 e. The van der Waals surface area contributed by atoms with Crippen LogP contribution in [0.25, 0.3) is 0 Å². The number of anilines is 1. The molecule has 0 aromatic heterocycles. The van der Waals surface area contributed by atoms with Gasteiger partial charge in [0.15, 0.2) is 0 Å². The van der Waals surface area contributed by atoms with Crippen LogP contribution in [0.15, 0.2) is 30.3 Å². The summed E-state index contributed by atoms with van der Waals surface area (Å²) in [4.78, 5) is 2.41. The molecule has 2 rings (SSSR count). The highest BCUT2D eigenvalue weighted by Gasteiger charge is 2.12. The topological polar surface area (TPSA) is 24.5 Å². The SMILES string of the molecule is CCN(CCCOC1CCNCC1)c1ccccc1. The molecule has 1 N–H and O–H groups in total. The second-order valence-electron chi connectivity index (χ2n) is 5.09. The summed E-state index contributed by atoms with van der Waals surface area (Å²) < 4.78 is 5.95. The molecule has 3 nitrogen and oxygen atoms in total. The van der Waals surface area contributed by atoms with E-state index in [1.165, 1.54) is 5.69 Å². The van der Waals surface area contributed by atoms with Crippen molar-refractivity contribution in [2.75, 3.05) is 37.7 Å². The van der Waals surface area contributed by atoms with E-state index in [9.17, 15) is 0 Å². The first-order valence-electron chi connectivity index (χ1n) is 7.52. The van der Waals surface area contributed by atoms with E-state index in [-0.39, 0.29) is 0 Å². The lowest BCUT2D eigenvalue weighted by Crippen LogP contribution is -2.33. The number of para-hydroxylation sites is 1. The van der Waals surface area contributed by atoms with Gasteiger partial charge in [-0.3, -0.25) is 0 Å². The molecule has 0 amide bonds. The molecule has 1 aromatic carbocycles. The summed E-state index contributed by atoms with van der Waals surface area (Å²) in [6.07, 6.45) is 3.91. The van der Waals surface area contributed by atoms with Crippen LogP contribution < -0.4 is 10.2 Å². The second-order valence-corrected chi connectivity index (χ2v) is 5.09. The van der Waals surface area contributed by atoms with Gasteiger partial charge >= 0.3 is 0 Å². The van der Waals surface area contributed by atoms with E-state index in [0.29, 0.717) is 6.10 Å². The summed E-state index contributed by atoms with van der Waals surface area (Å²) in [5.41, 5.74) is 1.31.